The van der Waals surface area contributed by atoms with E-state index in [4.69, 9.17) is 0 Å². The van der Waals surface area contributed by atoms with Crippen LogP contribution in [0.5, 0.6) is 0 Å². The van der Waals surface area contributed by atoms with Gasteiger partial charge in [-0.15, -0.1) is 0 Å². The number of nitrogens with zero attached hydrogens (tertiary/aromatic N) is 1. The number of carbonyl (C=O) groups is 1. The molecule has 0 radical (unpaired) electrons. The Hall–Kier alpha value is -1.26. The largest absolute Gasteiger partial charge is 0.355 e. The maximum Gasteiger partial charge on any atom is 0.225 e. The third kappa shape index (κ3) is 7.71. The third-order valence-electron chi connectivity index (χ3n) is 4.49. The smallest absolute Gasteiger partial charge is 0.225 e. The molecule has 1 amide bonds. The summed E-state index contributed by atoms with van der Waals surface area (Å²) in [6.45, 7) is 9.34. The maximum absolute atomic E-state index is 11.8. The van der Waals surface area contributed by atoms with Crippen molar-refractivity contribution in [1.29, 1.82) is 0 Å². The normalized spacial score (nSPS) is 22.6. The Bertz CT molecular complexity index is 379. The summed E-state index contributed by atoms with van der Waals surface area (Å²) in [5, 5.41) is 9.74. The predicted octanol–water partition coefficient (Wildman–Crippen LogP) is 2.67. The van der Waals surface area contributed by atoms with Crippen molar-refractivity contribution in [2.24, 2.45) is 16.3 Å². The molecule has 0 saturated heterocycles. The fourth-order valence-corrected chi connectivity index (χ4v) is 3.01. The highest BCUT2D eigenvalue weighted by Gasteiger charge is 2.22. The highest BCUT2D eigenvalue weighted by atomic mass is 16.2. The van der Waals surface area contributed by atoms with Gasteiger partial charge < -0.3 is 16.0 Å². The molecule has 1 saturated carbocycles. The summed E-state index contributed by atoms with van der Waals surface area (Å²) < 4.78 is 0. The van der Waals surface area contributed by atoms with Crippen LogP contribution in [0.15, 0.2) is 4.99 Å². The van der Waals surface area contributed by atoms with Crippen molar-refractivity contribution in [3.63, 3.8) is 0 Å². The van der Waals surface area contributed by atoms with Gasteiger partial charge >= 0.3 is 0 Å². The van der Waals surface area contributed by atoms with Crippen LogP contribution in [-0.4, -0.2) is 38.0 Å². The van der Waals surface area contributed by atoms with E-state index >= 15 is 0 Å². The molecule has 5 nitrogen and oxygen atoms in total. The quantitative estimate of drug-likeness (QED) is 0.400. The molecule has 1 fully saturated rings. The van der Waals surface area contributed by atoms with Gasteiger partial charge in [0.25, 0.3) is 0 Å². The monoisotopic (exact) mass is 324 g/mol. The summed E-state index contributed by atoms with van der Waals surface area (Å²) in [4.78, 5) is 16.1. The van der Waals surface area contributed by atoms with Crippen molar-refractivity contribution in [2.45, 2.75) is 72.3 Å². The van der Waals surface area contributed by atoms with Crippen LogP contribution in [-0.2, 0) is 4.79 Å². The van der Waals surface area contributed by atoms with Gasteiger partial charge in [0.1, 0.15) is 0 Å². The zero-order valence-corrected chi connectivity index (χ0v) is 15.7. The van der Waals surface area contributed by atoms with Crippen molar-refractivity contribution >= 4 is 11.9 Å². The van der Waals surface area contributed by atoms with E-state index in [2.05, 4.69) is 27.9 Å². The van der Waals surface area contributed by atoms with E-state index in [1.165, 1.54) is 38.5 Å². The van der Waals surface area contributed by atoms with Crippen molar-refractivity contribution in [3.8, 4) is 0 Å². The maximum atomic E-state index is 11.8. The first-order chi connectivity index (χ1) is 10.9. The number of rotatable bonds is 6. The molecule has 0 aromatic rings. The lowest BCUT2D eigenvalue weighted by Gasteiger charge is -2.30. The summed E-state index contributed by atoms with van der Waals surface area (Å²) >= 11 is 0. The average Bonchev–Trinajstić information content (AvgIpc) is 2.51. The van der Waals surface area contributed by atoms with Crippen LogP contribution < -0.4 is 16.0 Å². The SMILES string of the molecule is CCCC1CCC(NC(=NC)NCCNC(=O)C(C)(C)C)CC1. The summed E-state index contributed by atoms with van der Waals surface area (Å²) in [6, 6.07) is 0.526. The first kappa shape index (κ1) is 19.8. The molecule has 0 aromatic heterocycles. The standard InChI is InChI=1S/C18H36N4O/c1-6-7-14-8-10-15(11-9-14)22-17(19-5)21-13-12-20-16(23)18(2,3)4/h14-15H,6-13H2,1-5H3,(H,20,23)(H2,19,21,22). The Kier molecular flexibility index (Phi) is 8.42. The molecule has 0 bridgehead atoms. The number of amides is 1. The minimum absolute atomic E-state index is 0.0801. The van der Waals surface area contributed by atoms with E-state index in [1.54, 1.807) is 7.05 Å². The van der Waals surface area contributed by atoms with E-state index in [0.29, 0.717) is 19.1 Å². The zero-order chi connectivity index (χ0) is 17.3. The second-order valence-electron chi connectivity index (χ2n) is 7.66. The number of aliphatic imine (C=N–C) groups is 1. The second kappa shape index (κ2) is 9.78. The Morgan fingerprint density at radius 3 is 2.22 bits per heavy atom. The molecule has 23 heavy (non-hydrogen) atoms. The fraction of sp³-hybridized carbons (Fsp3) is 0.889. The fourth-order valence-electron chi connectivity index (χ4n) is 3.01. The van der Waals surface area contributed by atoms with E-state index in [0.717, 1.165) is 11.9 Å². The van der Waals surface area contributed by atoms with Gasteiger partial charge in [0, 0.05) is 31.6 Å². The Morgan fingerprint density at radius 1 is 1.09 bits per heavy atom. The summed E-state index contributed by atoms with van der Waals surface area (Å²) in [7, 11) is 1.80. The first-order valence-corrected chi connectivity index (χ1v) is 9.12. The van der Waals surface area contributed by atoms with Gasteiger partial charge in [0.05, 0.1) is 0 Å². The van der Waals surface area contributed by atoms with Gasteiger partial charge in [-0.2, -0.15) is 0 Å². The van der Waals surface area contributed by atoms with Crippen LogP contribution in [0, 0.1) is 11.3 Å². The van der Waals surface area contributed by atoms with Crippen molar-refractivity contribution < 1.29 is 4.79 Å². The molecule has 0 heterocycles. The molecule has 0 spiro atoms. The predicted molar refractivity (Wildman–Crippen MR) is 97.6 cm³/mol. The van der Waals surface area contributed by atoms with E-state index in [1.807, 2.05) is 20.8 Å². The van der Waals surface area contributed by atoms with Gasteiger partial charge in [-0.1, -0.05) is 40.5 Å². The lowest BCUT2D eigenvalue weighted by Crippen LogP contribution is -2.47. The third-order valence-corrected chi connectivity index (χ3v) is 4.49. The lowest BCUT2D eigenvalue weighted by molar-refractivity contribution is -0.128. The Morgan fingerprint density at radius 2 is 1.70 bits per heavy atom. The number of hydrogen-bond acceptors (Lipinski definition) is 2. The molecule has 3 N–H and O–H groups in total. The minimum atomic E-state index is -0.336. The number of hydrogen-bond donors (Lipinski definition) is 3. The number of nitrogens with one attached hydrogen (secondary N) is 3. The average molecular weight is 325 g/mol. The molecule has 0 unspecified atom stereocenters. The van der Waals surface area contributed by atoms with E-state index in [9.17, 15) is 4.79 Å². The van der Waals surface area contributed by atoms with Gasteiger partial charge in [0.15, 0.2) is 5.96 Å². The van der Waals surface area contributed by atoms with Gasteiger partial charge in [0.2, 0.25) is 5.91 Å². The molecule has 134 valence electrons. The van der Waals surface area contributed by atoms with Gasteiger partial charge in [-0.3, -0.25) is 9.79 Å². The van der Waals surface area contributed by atoms with Crippen molar-refractivity contribution in [3.05, 3.63) is 0 Å². The summed E-state index contributed by atoms with van der Waals surface area (Å²) in [6.07, 6.45) is 7.77. The minimum Gasteiger partial charge on any atom is -0.355 e. The molecule has 1 rings (SSSR count). The molecule has 1 aliphatic carbocycles. The van der Waals surface area contributed by atoms with Gasteiger partial charge in [-0.05, 0) is 31.6 Å². The van der Waals surface area contributed by atoms with Gasteiger partial charge in [-0.25, -0.2) is 0 Å². The molecule has 0 aromatic carbocycles. The molecular weight excluding hydrogens is 288 g/mol. The van der Waals surface area contributed by atoms with E-state index < -0.39 is 0 Å². The Balaban J connectivity index is 2.22. The molecular formula is C18H36N4O. The summed E-state index contributed by atoms with van der Waals surface area (Å²) in [5.74, 6) is 1.84. The van der Waals surface area contributed by atoms with E-state index in [-0.39, 0.29) is 11.3 Å². The van der Waals surface area contributed by atoms with Crippen LogP contribution in [0.25, 0.3) is 0 Å². The Labute approximate surface area is 142 Å². The highest BCUT2D eigenvalue weighted by molar-refractivity contribution is 5.82. The molecule has 1 aliphatic rings. The highest BCUT2D eigenvalue weighted by Crippen LogP contribution is 2.27. The number of carbonyl (C=O) groups excluding carboxylic acids is 1. The topological polar surface area (TPSA) is 65.5 Å². The van der Waals surface area contributed by atoms with Crippen molar-refractivity contribution in [2.75, 3.05) is 20.1 Å². The van der Waals surface area contributed by atoms with Crippen LogP contribution in [0.2, 0.25) is 0 Å². The lowest BCUT2D eigenvalue weighted by atomic mass is 9.83. The molecule has 5 heteroatoms. The zero-order valence-electron chi connectivity index (χ0n) is 15.7. The van der Waals surface area contributed by atoms with Crippen LogP contribution in [0.4, 0.5) is 0 Å². The number of guanidine groups is 1. The van der Waals surface area contributed by atoms with Crippen LogP contribution in [0.1, 0.15) is 66.2 Å². The first-order valence-electron chi connectivity index (χ1n) is 9.12. The molecule has 0 aliphatic heterocycles. The van der Waals surface area contributed by atoms with Crippen LogP contribution in [0.3, 0.4) is 0 Å². The van der Waals surface area contributed by atoms with Crippen LogP contribution >= 0.6 is 0 Å². The second-order valence-corrected chi connectivity index (χ2v) is 7.66. The van der Waals surface area contributed by atoms with Crippen molar-refractivity contribution in [1.82, 2.24) is 16.0 Å². The summed E-state index contributed by atoms with van der Waals surface area (Å²) in [5.41, 5.74) is -0.336. The molecule has 0 atom stereocenters.